The Balaban J connectivity index is 2.10. The maximum atomic E-state index is 13.1. The summed E-state index contributed by atoms with van der Waals surface area (Å²) in [6.45, 7) is 7.32. The van der Waals surface area contributed by atoms with Crippen molar-refractivity contribution in [3.63, 3.8) is 0 Å². The Morgan fingerprint density at radius 1 is 1.41 bits per heavy atom. The fraction of sp³-hybridized carbons (Fsp3) is 0.600. The minimum Gasteiger partial charge on any atom is -0.377 e. The zero-order valence-corrected chi connectivity index (χ0v) is 10.9. The first-order valence-corrected chi connectivity index (χ1v) is 6.48. The van der Waals surface area contributed by atoms with E-state index in [-0.39, 0.29) is 11.9 Å². The lowest BCUT2D eigenvalue weighted by molar-refractivity contribution is 0.0129. The predicted octanol–water partition coefficient (Wildman–Crippen LogP) is 3.92. The summed E-state index contributed by atoms with van der Waals surface area (Å²) in [6.07, 6.45) is 2.22. The molecule has 0 aliphatic heterocycles. The Morgan fingerprint density at radius 2 is 2.18 bits per heavy atom. The summed E-state index contributed by atoms with van der Waals surface area (Å²) in [5.74, 6) is 0.812. The predicted molar refractivity (Wildman–Crippen MR) is 67.7 cm³/mol. The third-order valence-corrected chi connectivity index (χ3v) is 3.50. The molecule has 0 fully saturated rings. The standard InChI is InChI=1S/C15H21FO/c1-10(2)9-17-15-7-4-12-8-13(16)5-6-14(12)11(15)3/h5-6,8,10-11,15H,4,7,9H2,1-3H3/t11-,15+/m1/s1. The Morgan fingerprint density at radius 3 is 2.88 bits per heavy atom. The second-order valence-electron chi connectivity index (χ2n) is 5.44. The second-order valence-corrected chi connectivity index (χ2v) is 5.44. The summed E-state index contributed by atoms with van der Waals surface area (Å²) in [4.78, 5) is 0. The Kier molecular flexibility index (Phi) is 3.82. The molecule has 1 aliphatic rings. The first-order valence-electron chi connectivity index (χ1n) is 6.48. The third kappa shape index (κ3) is 2.86. The van der Waals surface area contributed by atoms with Crippen molar-refractivity contribution in [1.29, 1.82) is 0 Å². The molecule has 1 aromatic carbocycles. The van der Waals surface area contributed by atoms with E-state index in [0.717, 1.165) is 25.0 Å². The van der Waals surface area contributed by atoms with Crippen LogP contribution in [0.3, 0.4) is 0 Å². The van der Waals surface area contributed by atoms with E-state index < -0.39 is 0 Å². The Labute approximate surface area is 103 Å². The van der Waals surface area contributed by atoms with Crippen LogP contribution in [0.5, 0.6) is 0 Å². The third-order valence-electron chi connectivity index (χ3n) is 3.50. The molecule has 2 atom stereocenters. The lowest BCUT2D eigenvalue weighted by atomic mass is 9.82. The van der Waals surface area contributed by atoms with Gasteiger partial charge < -0.3 is 4.74 Å². The Hall–Kier alpha value is -0.890. The maximum absolute atomic E-state index is 13.1. The van der Waals surface area contributed by atoms with E-state index in [1.807, 2.05) is 6.07 Å². The molecule has 0 unspecified atom stereocenters. The molecule has 2 rings (SSSR count). The molecule has 17 heavy (non-hydrogen) atoms. The monoisotopic (exact) mass is 236 g/mol. The molecule has 0 radical (unpaired) electrons. The van der Waals surface area contributed by atoms with Gasteiger partial charge in [-0.3, -0.25) is 0 Å². The van der Waals surface area contributed by atoms with Gasteiger partial charge in [0.1, 0.15) is 5.82 Å². The van der Waals surface area contributed by atoms with Gasteiger partial charge in [0.25, 0.3) is 0 Å². The quantitative estimate of drug-likeness (QED) is 0.773. The normalized spacial score (nSPS) is 23.8. The van der Waals surface area contributed by atoms with Crippen LogP contribution in [-0.2, 0) is 11.2 Å². The van der Waals surface area contributed by atoms with Crippen LogP contribution >= 0.6 is 0 Å². The number of halogens is 1. The number of hydrogen-bond acceptors (Lipinski definition) is 1. The van der Waals surface area contributed by atoms with Crippen molar-refractivity contribution in [2.24, 2.45) is 5.92 Å². The van der Waals surface area contributed by atoms with Gasteiger partial charge in [-0.2, -0.15) is 0 Å². The Bertz CT molecular complexity index is 387. The van der Waals surface area contributed by atoms with Crippen LogP contribution < -0.4 is 0 Å². The van der Waals surface area contributed by atoms with Crippen LogP contribution in [0.25, 0.3) is 0 Å². The molecule has 1 aromatic rings. The van der Waals surface area contributed by atoms with Crippen LogP contribution in [0.4, 0.5) is 4.39 Å². The van der Waals surface area contributed by atoms with E-state index in [1.165, 1.54) is 5.56 Å². The summed E-state index contributed by atoms with van der Waals surface area (Å²) in [5, 5.41) is 0. The van der Waals surface area contributed by atoms with Gasteiger partial charge in [0.15, 0.2) is 0 Å². The second kappa shape index (κ2) is 5.18. The fourth-order valence-corrected chi connectivity index (χ4v) is 2.53. The van der Waals surface area contributed by atoms with E-state index in [0.29, 0.717) is 11.8 Å². The average Bonchev–Trinajstić information content (AvgIpc) is 2.27. The van der Waals surface area contributed by atoms with Crippen molar-refractivity contribution < 1.29 is 9.13 Å². The highest BCUT2D eigenvalue weighted by Crippen LogP contribution is 2.33. The van der Waals surface area contributed by atoms with E-state index in [4.69, 9.17) is 4.74 Å². The van der Waals surface area contributed by atoms with Crippen LogP contribution in [0, 0.1) is 11.7 Å². The molecule has 1 aliphatic carbocycles. The SMILES string of the molecule is CC(C)CO[C@H]1CCc2cc(F)ccc2[C@H]1C. The topological polar surface area (TPSA) is 9.23 Å². The van der Waals surface area contributed by atoms with E-state index in [1.54, 1.807) is 12.1 Å². The van der Waals surface area contributed by atoms with Crippen molar-refractivity contribution in [2.45, 2.75) is 45.6 Å². The zero-order chi connectivity index (χ0) is 12.4. The van der Waals surface area contributed by atoms with Crippen molar-refractivity contribution in [3.8, 4) is 0 Å². The summed E-state index contributed by atoms with van der Waals surface area (Å²) < 4.78 is 19.1. The van der Waals surface area contributed by atoms with Gasteiger partial charge in [-0.05, 0) is 42.0 Å². The van der Waals surface area contributed by atoms with E-state index in [9.17, 15) is 4.39 Å². The molecule has 2 heteroatoms. The van der Waals surface area contributed by atoms with Gasteiger partial charge in [0, 0.05) is 12.5 Å². The van der Waals surface area contributed by atoms with Gasteiger partial charge in [0.05, 0.1) is 6.10 Å². The lowest BCUT2D eigenvalue weighted by Gasteiger charge is -2.31. The molecule has 0 amide bonds. The zero-order valence-electron chi connectivity index (χ0n) is 10.9. The van der Waals surface area contributed by atoms with Crippen molar-refractivity contribution in [1.82, 2.24) is 0 Å². The minimum absolute atomic E-state index is 0.127. The van der Waals surface area contributed by atoms with Crippen LogP contribution in [-0.4, -0.2) is 12.7 Å². The fourth-order valence-electron chi connectivity index (χ4n) is 2.53. The van der Waals surface area contributed by atoms with Gasteiger partial charge in [0.2, 0.25) is 0 Å². The summed E-state index contributed by atoms with van der Waals surface area (Å²) >= 11 is 0. The number of benzene rings is 1. The van der Waals surface area contributed by atoms with Crippen molar-refractivity contribution in [2.75, 3.05) is 6.61 Å². The van der Waals surface area contributed by atoms with E-state index >= 15 is 0 Å². The van der Waals surface area contributed by atoms with Gasteiger partial charge in [-0.15, -0.1) is 0 Å². The number of fused-ring (bicyclic) bond motifs is 1. The molecule has 0 heterocycles. The van der Waals surface area contributed by atoms with Gasteiger partial charge >= 0.3 is 0 Å². The molecular weight excluding hydrogens is 215 g/mol. The number of rotatable bonds is 3. The molecule has 0 spiro atoms. The highest BCUT2D eigenvalue weighted by molar-refractivity contribution is 5.34. The molecule has 0 saturated carbocycles. The molecule has 0 bridgehead atoms. The number of hydrogen-bond donors (Lipinski definition) is 0. The maximum Gasteiger partial charge on any atom is 0.123 e. The summed E-state index contributed by atoms with van der Waals surface area (Å²) in [7, 11) is 0. The van der Waals surface area contributed by atoms with Crippen LogP contribution in [0.2, 0.25) is 0 Å². The molecule has 1 nitrogen and oxygen atoms in total. The number of aryl methyl sites for hydroxylation is 1. The lowest BCUT2D eigenvalue weighted by Crippen LogP contribution is -2.27. The number of ether oxygens (including phenoxy) is 1. The van der Waals surface area contributed by atoms with Crippen molar-refractivity contribution >= 4 is 0 Å². The van der Waals surface area contributed by atoms with Gasteiger partial charge in [-0.25, -0.2) is 4.39 Å². The average molecular weight is 236 g/mol. The van der Waals surface area contributed by atoms with Crippen LogP contribution in [0.15, 0.2) is 18.2 Å². The highest BCUT2D eigenvalue weighted by Gasteiger charge is 2.27. The highest BCUT2D eigenvalue weighted by atomic mass is 19.1. The van der Waals surface area contributed by atoms with E-state index in [2.05, 4.69) is 20.8 Å². The molecule has 94 valence electrons. The summed E-state index contributed by atoms with van der Waals surface area (Å²) in [5.41, 5.74) is 2.41. The molecule has 0 N–H and O–H groups in total. The molecule has 0 saturated heterocycles. The first-order chi connectivity index (χ1) is 8.08. The van der Waals surface area contributed by atoms with Crippen LogP contribution in [0.1, 0.15) is 44.2 Å². The first kappa shape index (κ1) is 12.6. The smallest absolute Gasteiger partial charge is 0.123 e. The largest absolute Gasteiger partial charge is 0.377 e. The summed E-state index contributed by atoms with van der Waals surface area (Å²) in [6, 6.07) is 5.14. The molecular formula is C15H21FO. The van der Waals surface area contributed by atoms with Gasteiger partial charge in [-0.1, -0.05) is 26.8 Å². The molecule has 0 aromatic heterocycles. The minimum atomic E-state index is -0.127. The van der Waals surface area contributed by atoms with Crippen molar-refractivity contribution in [3.05, 3.63) is 35.1 Å².